The Morgan fingerprint density at radius 2 is 2.25 bits per heavy atom. The number of thioether (sulfide) groups is 1. The first-order chi connectivity index (χ1) is 9.67. The number of rotatable bonds is 7. The van der Waals surface area contributed by atoms with Crippen LogP contribution in [0.15, 0.2) is 41.4 Å². The van der Waals surface area contributed by atoms with Crippen LogP contribution in [-0.4, -0.2) is 28.1 Å². The zero-order valence-corrected chi connectivity index (χ0v) is 13.4. The second kappa shape index (κ2) is 7.72. The minimum Gasteiger partial charge on any atom is -0.313 e. The van der Waals surface area contributed by atoms with Gasteiger partial charge in [0.2, 0.25) is 0 Å². The summed E-state index contributed by atoms with van der Waals surface area (Å²) in [6.07, 6.45) is 2.94. The molecule has 108 valence electrons. The first kappa shape index (κ1) is 15.4. The largest absolute Gasteiger partial charge is 0.313 e. The van der Waals surface area contributed by atoms with E-state index in [0.29, 0.717) is 6.04 Å². The Morgan fingerprint density at radius 1 is 1.40 bits per heavy atom. The van der Waals surface area contributed by atoms with Gasteiger partial charge in [-0.2, -0.15) is 5.10 Å². The third-order valence-electron chi connectivity index (χ3n) is 2.96. The highest BCUT2D eigenvalue weighted by atomic mass is 35.5. The molecule has 0 saturated heterocycles. The highest BCUT2D eigenvalue weighted by Gasteiger charge is 2.11. The van der Waals surface area contributed by atoms with Crippen LogP contribution in [0.4, 0.5) is 0 Å². The monoisotopic (exact) mass is 309 g/mol. The molecule has 1 N–H and O–H groups in total. The summed E-state index contributed by atoms with van der Waals surface area (Å²) < 4.78 is 1.85. The SMILES string of the molecule is CCNC(CSc1cccc(Cl)c1)Cc1ccn(C)n1. The number of nitrogens with one attached hydrogen (secondary N) is 1. The number of aromatic nitrogens is 2. The van der Waals surface area contributed by atoms with Gasteiger partial charge in [-0.3, -0.25) is 4.68 Å². The Labute approximate surface area is 129 Å². The molecule has 1 atom stereocenters. The summed E-state index contributed by atoms with van der Waals surface area (Å²) in [6.45, 7) is 3.10. The fraction of sp³-hybridized carbons (Fsp3) is 0.400. The van der Waals surface area contributed by atoms with Gasteiger partial charge in [-0.05, 0) is 30.8 Å². The van der Waals surface area contributed by atoms with E-state index in [1.54, 1.807) is 0 Å². The molecule has 0 amide bonds. The maximum absolute atomic E-state index is 6.01. The molecule has 1 aromatic carbocycles. The lowest BCUT2D eigenvalue weighted by Gasteiger charge is -2.16. The van der Waals surface area contributed by atoms with Crippen LogP contribution in [0.25, 0.3) is 0 Å². The predicted molar refractivity (Wildman–Crippen MR) is 86.6 cm³/mol. The first-order valence-electron chi connectivity index (χ1n) is 6.77. The zero-order chi connectivity index (χ0) is 14.4. The van der Waals surface area contributed by atoms with Gasteiger partial charge in [-0.15, -0.1) is 11.8 Å². The third-order valence-corrected chi connectivity index (χ3v) is 4.36. The molecule has 1 aromatic heterocycles. The number of benzene rings is 1. The number of hydrogen-bond acceptors (Lipinski definition) is 3. The van der Waals surface area contributed by atoms with Gasteiger partial charge >= 0.3 is 0 Å². The van der Waals surface area contributed by atoms with Gasteiger partial charge in [-0.1, -0.05) is 24.6 Å². The van der Waals surface area contributed by atoms with Crippen molar-refractivity contribution in [2.75, 3.05) is 12.3 Å². The molecule has 0 fully saturated rings. The van der Waals surface area contributed by atoms with E-state index >= 15 is 0 Å². The number of aryl methyl sites for hydroxylation is 1. The molecule has 0 aliphatic carbocycles. The lowest BCUT2D eigenvalue weighted by molar-refractivity contribution is 0.561. The fourth-order valence-corrected chi connectivity index (χ4v) is 3.33. The van der Waals surface area contributed by atoms with Crippen molar-refractivity contribution in [3.05, 3.63) is 47.2 Å². The zero-order valence-electron chi connectivity index (χ0n) is 11.8. The molecular formula is C15H20ClN3S. The number of hydrogen-bond donors (Lipinski definition) is 1. The smallest absolute Gasteiger partial charge is 0.0640 e. The number of nitrogens with zero attached hydrogens (tertiary/aromatic N) is 2. The van der Waals surface area contributed by atoms with Crippen molar-refractivity contribution in [3.63, 3.8) is 0 Å². The number of likely N-dealkylation sites (N-methyl/N-ethyl adjacent to an activating group) is 1. The predicted octanol–water partition coefficient (Wildman–Crippen LogP) is 3.39. The molecule has 5 heteroatoms. The molecule has 0 aliphatic heterocycles. The number of halogens is 1. The molecule has 20 heavy (non-hydrogen) atoms. The Balaban J connectivity index is 1.91. The van der Waals surface area contributed by atoms with Crippen LogP contribution in [0.1, 0.15) is 12.6 Å². The summed E-state index contributed by atoms with van der Waals surface area (Å²) in [5.74, 6) is 1.00. The molecule has 1 unspecified atom stereocenters. The Hall–Kier alpha value is -0.970. The van der Waals surface area contributed by atoms with E-state index in [4.69, 9.17) is 11.6 Å². The molecule has 0 bridgehead atoms. The van der Waals surface area contributed by atoms with Crippen molar-refractivity contribution in [1.29, 1.82) is 0 Å². The van der Waals surface area contributed by atoms with Gasteiger partial charge in [0.25, 0.3) is 0 Å². The molecule has 1 heterocycles. The standard InChI is InChI=1S/C15H20ClN3S/c1-3-17-14(10-13-7-8-19(2)18-13)11-20-15-6-4-5-12(16)9-15/h4-9,14,17H,3,10-11H2,1-2H3. The van der Waals surface area contributed by atoms with Crippen LogP contribution >= 0.6 is 23.4 Å². The van der Waals surface area contributed by atoms with Gasteiger partial charge in [0, 0.05) is 41.4 Å². The van der Waals surface area contributed by atoms with Crippen LogP contribution in [0, 0.1) is 0 Å². The van der Waals surface area contributed by atoms with Gasteiger partial charge < -0.3 is 5.32 Å². The summed E-state index contributed by atoms with van der Waals surface area (Å²) in [5, 5.41) is 8.76. The average Bonchev–Trinajstić information content (AvgIpc) is 2.82. The molecule has 0 radical (unpaired) electrons. The molecule has 3 nitrogen and oxygen atoms in total. The molecule has 0 saturated carbocycles. The summed E-state index contributed by atoms with van der Waals surface area (Å²) in [7, 11) is 1.95. The van der Waals surface area contributed by atoms with Crippen LogP contribution in [-0.2, 0) is 13.5 Å². The van der Waals surface area contributed by atoms with Crippen molar-refractivity contribution in [2.45, 2.75) is 24.3 Å². The maximum Gasteiger partial charge on any atom is 0.0640 e. The lowest BCUT2D eigenvalue weighted by Crippen LogP contribution is -2.33. The highest BCUT2D eigenvalue weighted by molar-refractivity contribution is 7.99. The topological polar surface area (TPSA) is 29.9 Å². The second-order valence-electron chi connectivity index (χ2n) is 4.71. The van der Waals surface area contributed by atoms with Crippen molar-refractivity contribution < 1.29 is 0 Å². The Morgan fingerprint density at radius 3 is 2.90 bits per heavy atom. The minimum atomic E-state index is 0.416. The van der Waals surface area contributed by atoms with E-state index < -0.39 is 0 Å². The first-order valence-corrected chi connectivity index (χ1v) is 8.14. The summed E-state index contributed by atoms with van der Waals surface area (Å²) >= 11 is 7.84. The molecule has 0 aliphatic rings. The lowest BCUT2D eigenvalue weighted by atomic mass is 10.2. The molecule has 2 aromatic rings. The van der Waals surface area contributed by atoms with Gasteiger partial charge in [0.1, 0.15) is 0 Å². The van der Waals surface area contributed by atoms with Crippen molar-refractivity contribution in [3.8, 4) is 0 Å². The van der Waals surface area contributed by atoms with Crippen LogP contribution in [0.5, 0.6) is 0 Å². The van der Waals surface area contributed by atoms with E-state index in [0.717, 1.165) is 29.4 Å². The highest BCUT2D eigenvalue weighted by Crippen LogP contribution is 2.22. The molecule has 2 rings (SSSR count). The van der Waals surface area contributed by atoms with Gasteiger partial charge in [0.05, 0.1) is 5.69 Å². The third kappa shape index (κ3) is 4.85. The molecule has 0 spiro atoms. The van der Waals surface area contributed by atoms with Crippen molar-refractivity contribution in [2.24, 2.45) is 7.05 Å². The van der Waals surface area contributed by atoms with E-state index in [1.165, 1.54) is 4.90 Å². The van der Waals surface area contributed by atoms with E-state index in [9.17, 15) is 0 Å². The Bertz CT molecular complexity index is 541. The van der Waals surface area contributed by atoms with E-state index in [2.05, 4.69) is 29.5 Å². The van der Waals surface area contributed by atoms with Gasteiger partial charge in [-0.25, -0.2) is 0 Å². The normalized spacial score (nSPS) is 12.6. The minimum absolute atomic E-state index is 0.416. The van der Waals surface area contributed by atoms with E-state index in [1.807, 2.05) is 47.9 Å². The van der Waals surface area contributed by atoms with Crippen molar-refractivity contribution in [1.82, 2.24) is 15.1 Å². The molecular weight excluding hydrogens is 290 g/mol. The quantitative estimate of drug-likeness (QED) is 0.795. The second-order valence-corrected chi connectivity index (χ2v) is 6.24. The summed E-state index contributed by atoms with van der Waals surface area (Å²) in [6, 6.07) is 10.5. The van der Waals surface area contributed by atoms with Gasteiger partial charge in [0.15, 0.2) is 0 Å². The Kier molecular flexibility index (Phi) is 5.95. The maximum atomic E-state index is 6.01. The van der Waals surface area contributed by atoms with Crippen molar-refractivity contribution >= 4 is 23.4 Å². The van der Waals surface area contributed by atoms with Crippen LogP contribution < -0.4 is 5.32 Å². The summed E-state index contributed by atoms with van der Waals surface area (Å²) in [4.78, 5) is 1.21. The van der Waals surface area contributed by atoms with Crippen LogP contribution in [0.2, 0.25) is 5.02 Å². The average molecular weight is 310 g/mol. The summed E-state index contributed by atoms with van der Waals surface area (Å²) in [5.41, 5.74) is 1.13. The van der Waals surface area contributed by atoms with E-state index in [-0.39, 0.29) is 0 Å². The van der Waals surface area contributed by atoms with Crippen LogP contribution in [0.3, 0.4) is 0 Å². The fourth-order valence-electron chi connectivity index (χ4n) is 2.06.